The normalized spacial score (nSPS) is 10.3. The minimum atomic E-state index is 0.159. The number of allylic oxidation sites excluding steroid dienone is 2. The van der Waals surface area contributed by atoms with E-state index in [2.05, 4.69) is 13.2 Å². The van der Waals surface area contributed by atoms with E-state index in [-0.39, 0.29) is 11.5 Å². The Morgan fingerprint density at radius 1 is 0.905 bits per heavy atom. The molecular weight excluding hydrogens is 260 g/mol. The highest BCUT2D eigenvalue weighted by Gasteiger charge is 2.12. The van der Waals surface area contributed by atoms with Crippen molar-refractivity contribution in [3.63, 3.8) is 0 Å². The number of hydrogen-bond acceptors (Lipinski definition) is 2. The van der Waals surface area contributed by atoms with Crippen LogP contribution in [-0.4, -0.2) is 10.2 Å². The maximum atomic E-state index is 10.2. The molecule has 0 heterocycles. The lowest BCUT2D eigenvalue weighted by molar-refractivity contribution is 0.468. The van der Waals surface area contributed by atoms with Gasteiger partial charge in [0.05, 0.1) is 0 Å². The van der Waals surface area contributed by atoms with E-state index in [0.717, 1.165) is 29.5 Å². The molecule has 0 aliphatic heterocycles. The number of phenolic OH excluding ortho intramolecular Hbond substituents is 2. The van der Waals surface area contributed by atoms with Crippen LogP contribution in [0, 0.1) is 6.92 Å². The average molecular weight is 280 g/mol. The zero-order valence-corrected chi connectivity index (χ0v) is 12.3. The van der Waals surface area contributed by atoms with Crippen LogP contribution in [0.2, 0.25) is 0 Å². The molecule has 0 spiro atoms. The lowest BCUT2D eigenvalue weighted by atomic mass is 9.95. The maximum Gasteiger partial charge on any atom is 0.123 e. The van der Waals surface area contributed by atoms with Crippen LogP contribution in [-0.2, 0) is 12.8 Å². The molecule has 0 amide bonds. The number of benzene rings is 2. The Kier molecular flexibility index (Phi) is 4.49. The zero-order chi connectivity index (χ0) is 15.4. The van der Waals surface area contributed by atoms with Crippen molar-refractivity contribution in [3.8, 4) is 22.6 Å². The Morgan fingerprint density at radius 2 is 1.57 bits per heavy atom. The van der Waals surface area contributed by atoms with Crippen LogP contribution in [0.3, 0.4) is 0 Å². The number of hydrogen-bond donors (Lipinski definition) is 2. The highest BCUT2D eigenvalue weighted by molar-refractivity contribution is 5.77. The monoisotopic (exact) mass is 280 g/mol. The van der Waals surface area contributed by atoms with E-state index >= 15 is 0 Å². The van der Waals surface area contributed by atoms with Crippen LogP contribution in [0.1, 0.15) is 16.7 Å². The van der Waals surface area contributed by atoms with Gasteiger partial charge in [-0.2, -0.15) is 0 Å². The lowest BCUT2D eigenvalue weighted by Crippen LogP contribution is -1.91. The Balaban J connectivity index is 2.59. The average Bonchev–Trinajstić information content (AvgIpc) is 2.45. The van der Waals surface area contributed by atoms with Crippen LogP contribution >= 0.6 is 0 Å². The summed E-state index contributed by atoms with van der Waals surface area (Å²) < 4.78 is 0. The largest absolute Gasteiger partial charge is 0.507 e. The van der Waals surface area contributed by atoms with Crippen LogP contribution < -0.4 is 0 Å². The van der Waals surface area contributed by atoms with Gasteiger partial charge >= 0.3 is 0 Å². The summed E-state index contributed by atoms with van der Waals surface area (Å²) >= 11 is 0. The third-order valence-electron chi connectivity index (χ3n) is 3.55. The van der Waals surface area contributed by atoms with E-state index in [1.165, 1.54) is 0 Å². The molecule has 2 heteroatoms. The first-order valence-corrected chi connectivity index (χ1v) is 6.93. The third-order valence-corrected chi connectivity index (χ3v) is 3.55. The van der Waals surface area contributed by atoms with E-state index in [1.807, 2.05) is 37.3 Å². The SMILES string of the molecule is C=CCc1ccc(O)c(-c2cc(CC=C)c(C)cc2O)c1. The van der Waals surface area contributed by atoms with E-state index in [4.69, 9.17) is 0 Å². The summed E-state index contributed by atoms with van der Waals surface area (Å²) in [7, 11) is 0. The Morgan fingerprint density at radius 3 is 2.24 bits per heavy atom. The highest BCUT2D eigenvalue weighted by Crippen LogP contribution is 2.37. The maximum absolute atomic E-state index is 10.2. The first-order chi connectivity index (χ1) is 10.1. The predicted molar refractivity (Wildman–Crippen MR) is 87.7 cm³/mol. The molecule has 108 valence electrons. The standard InChI is InChI=1S/C19H20O2/c1-4-6-14-8-9-18(20)16(11-14)17-12-15(7-5-2)13(3)10-19(17)21/h4-5,8-12,20-21H,1-2,6-7H2,3H3. The fraction of sp³-hybridized carbons (Fsp3) is 0.158. The summed E-state index contributed by atoms with van der Waals surface area (Å²) in [5.41, 5.74) is 4.42. The molecule has 0 saturated heterocycles. The van der Waals surface area contributed by atoms with Crippen molar-refractivity contribution in [2.24, 2.45) is 0 Å². The molecule has 2 rings (SSSR count). The van der Waals surface area contributed by atoms with Crippen molar-refractivity contribution in [2.45, 2.75) is 19.8 Å². The summed E-state index contributed by atoms with van der Waals surface area (Å²) in [5, 5.41) is 20.3. The molecule has 0 aliphatic carbocycles. The van der Waals surface area contributed by atoms with Gasteiger partial charge in [0.2, 0.25) is 0 Å². The summed E-state index contributed by atoms with van der Waals surface area (Å²) in [6, 6.07) is 9.04. The molecule has 2 nitrogen and oxygen atoms in total. The topological polar surface area (TPSA) is 40.5 Å². The van der Waals surface area contributed by atoms with E-state index in [0.29, 0.717) is 11.1 Å². The summed E-state index contributed by atoms with van der Waals surface area (Å²) in [6.45, 7) is 9.44. The minimum absolute atomic E-state index is 0.159. The lowest BCUT2D eigenvalue weighted by Gasteiger charge is -2.13. The van der Waals surface area contributed by atoms with Crippen LogP contribution in [0.15, 0.2) is 55.6 Å². The van der Waals surface area contributed by atoms with Gasteiger partial charge in [-0.25, -0.2) is 0 Å². The second-order valence-corrected chi connectivity index (χ2v) is 5.13. The number of aromatic hydroxyl groups is 2. The third kappa shape index (κ3) is 3.16. The van der Waals surface area contributed by atoms with E-state index in [9.17, 15) is 10.2 Å². The molecule has 0 bridgehead atoms. The van der Waals surface area contributed by atoms with Gasteiger partial charge in [-0.1, -0.05) is 18.2 Å². The molecule has 0 unspecified atom stereocenters. The molecule has 2 N–H and O–H groups in total. The van der Waals surface area contributed by atoms with Gasteiger partial charge in [0, 0.05) is 11.1 Å². The fourth-order valence-corrected chi connectivity index (χ4v) is 2.42. The minimum Gasteiger partial charge on any atom is -0.507 e. The number of rotatable bonds is 5. The van der Waals surface area contributed by atoms with Gasteiger partial charge in [0.15, 0.2) is 0 Å². The van der Waals surface area contributed by atoms with Crippen molar-refractivity contribution in [2.75, 3.05) is 0 Å². The van der Waals surface area contributed by atoms with Crippen LogP contribution in [0.4, 0.5) is 0 Å². The quantitative estimate of drug-likeness (QED) is 0.790. The van der Waals surface area contributed by atoms with Crippen LogP contribution in [0.25, 0.3) is 11.1 Å². The number of phenols is 2. The molecule has 0 fully saturated rings. The number of aryl methyl sites for hydroxylation is 1. The van der Waals surface area contributed by atoms with Gasteiger partial charge in [-0.3, -0.25) is 0 Å². The summed E-state index contributed by atoms with van der Waals surface area (Å²) in [6.07, 6.45) is 5.09. The molecule has 2 aromatic rings. The van der Waals surface area contributed by atoms with Gasteiger partial charge in [0.1, 0.15) is 11.5 Å². The van der Waals surface area contributed by atoms with Crippen molar-refractivity contribution in [3.05, 3.63) is 72.3 Å². The molecular formula is C19H20O2. The molecule has 0 atom stereocenters. The highest BCUT2D eigenvalue weighted by atomic mass is 16.3. The van der Waals surface area contributed by atoms with Gasteiger partial charge in [-0.15, -0.1) is 13.2 Å². The van der Waals surface area contributed by atoms with E-state index < -0.39 is 0 Å². The molecule has 0 radical (unpaired) electrons. The smallest absolute Gasteiger partial charge is 0.123 e. The fourth-order valence-electron chi connectivity index (χ4n) is 2.42. The second-order valence-electron chi connectivity index (χ2n) is 5.13. The van der Waals surface area contributed by atoms with Crippen LogP contribution in [0.5, 0.6) is 11.5 Å². The summed E-state index contributed by atoms with van der Waals surface area (Å²) in [5.74, 6) is 0.331. The van der Waals surface area contributed by atoms with Gasteiger partial charge in [-0.05, 0) is 60.7 Å². The van der Waals surface area contributed by atoms with E-state index in [1.54, 1.807) is 12.1 Å². The molecule has 21 heavy (non-hydrogen) atoms. The first-order valence-electron chi connectivity index (χ1n) is 6.93. The Hall–Kier alpha value is -2.48. The molecule has 0 aliphatic rings. The van der Waals surface area contributed by atoms with Crippen molar-refractivity contribution in [1.29, 1.82) is 0 Å². The molecule has 2 aromatic carbocycles. The Labute approximate surface area is 125 Å². The van der Waals surface area contributed by atoms with Crippen molar-refractivity contribution >= 4 is 0 Å². The van der Waals surface area contributed by atoms with Gasteiger partial charge < -0.3 is 10.2 Å². The Bertz CT molecular complexity index is 684. The van der Waals surface area contributed by atoms with Gasteiger partial charge in [0.25, 0.3) is 0 Å². The molecule has 0 saturated carbocycles. The second kappa shape index (κ2) is 6.31. The van der Waals surface area contributed by atoms with Crippen molar-refractivity contribution in [1.82, 2.24) is 0 Å². The zero-order valence-electron chi connectivity index (χ0n) is 12.3. The van der Waals surface area contributed by atoms with Crippen molar-refractivity contribution < 1.29 is 10.2 Å². The predicted octanol–water partition coefficient (Wildman–Crippen LogP) is 4.53. The first kappa shape index (κ1) is 14.9. The molecule has 0 aromatic heterocycles. The summed E-state index contributed by atoms with van der Waals surface area (Å²) in [4.78, 5) is 0.